The molecular weight excluding hydrogens is 282 g/mol. The lowest BCUT2D eigenvalue weighted by atomic mass is 9.99. The molecule has 1 unspecified atom stereocenters. The lowest BCUT2D eigenvalue weighted by Crippen LogP contribution is -2.05. The fraction of sp³-hybridized carbons (Fsp3) is 0.353. The molecule has 1 aromatic carbocycles. The number of hydrogen-bond donors (Lipinski definition) is 2. The van der Waals surface area contributed by atoms with Gasteiger partial charge in [0.15, 0.2) is 0 Å². The van der Waals surface area contributed by atoms with Gasteiger partial charge in [0.25, 0.3) is 0 Å². The van der Waals surface area contributed by atoms with Gasteiger partial charge in [-0.05, 0) is 68.5 Å². The first-order chi connectivity index (χ1) is 10.1. The number of aromatic carboxylic acids is 1. The van der Waals surface area contributed by atoms with Crippen LogP contribution in [0, 0.1) is 0 Å². The fourth-order valence-electron chi connectivity index (χ4n) is 2.76. The maximum absolute atomic E-state index is 10.8. The molecule has 1 heterocycles. The van der Waals surface area contributed by atoms with Crippen LogP contribution in [0.25, 0.3) is 0 Å². The largest absolute Gasteiger partial charge is 0.478 e. The van der Waals surface area contributed by atoms with Gasteiger partial charge in [0.05, 0.1) is 11.6 Å². The number of aryl methyl sites for hydroxylation is 2. The summed E-state index contributed by atoms with van der Waals surface area (Å²) in [7, 11) is 0. The Morgan fingerprint density at radius 3 is 2.62 bits per heavy atom. The molecule has 0 aliphatic heterocycles. The van der Waals surface area contributed by atoms with Gasteiger partial charge in [0.2, 0.25) is 0 Å². The Bertz CT molecular complexity index is 622. The molecular formula is C17H19NO2S. The van der Waals surface area contributed by atoms with E-state index >= 15 is 0 Å². The quantitative estimate of drug-likeness (QED) is 0.874. The van der Waals surface area contributed by atoms with Gasteiger partial charge in [0.1, 0.15) is 0 Å². The normalized spacial score (nSPS) is 15.3. The van der Waals surface area contributed by atoms with Crippen molar-refractivity contribution in [2.24, 2.45) is 0 Å². The smallest absolute Gasteiger partial charge is 0.335 e. The summed E-state index contributed by atoms with van der Waals surface area (Å²) in [5.74, 6) is -0.888. The van der Waals surface area contributed by atoms with E-state index in [4.69, 9.17) is 5.11 Å². The third-order valence-corrected chi connectivity index (χ3v) is 5.38. The lowest BCUT2D eigenvalue weighted by molar-refractivity contribution is 0.0697. The van der Waals surface area contributed by atoms with Crippen molar-refractivity contribution in [3.63, 3.8) is 0 Å². The van der Waals surface area contributed by atoms with Crippen molar-refractivity contribution in [2.45, 2.75) is 38.6 Å². The summed E-state index contributed by atoms with van der Waals surface area (Å²) in [6.45, 7) is 2.16. The molecule has 0 bridgehead atoms. The topological polar surface area (TPSA) is 49.3 Å². The number of carbonyl (C=O) groups is 1. The molecule has 0 saturated heterocycles. The van der Waals surface area contributed by atoms with Crippen LogP contribution >= 0.6 is 11.3 Å². The van der Waals surface area contributed by atoms with E-state index in [0.29, 0.717) is 5.56 Å². The van der Waals surface area contributed by atoms with Crippen LogP contribution in [-0.2, 0) is 12.8 Å². The number of carboxylic acid groups (broad SMARTS) is 1. The first kappa shape index (κ1) is 14.1. The first-order valence-corrected chi connectivity index (χ1v) is 8.16. The third kappa shape index (κ3) is 3.10. The maximum atomic E-state index is 10.8. The molecule has 3 rings (SSSR count). The number of carboxylic acids is 1. The Morgan fingerprint density at radius 1 is 1.24 bits per heavy atom. The molecule has 1 aromatic heterocycles. The van der Waals surface area contributed by atoms with Gasteiger partial charge < -0.3 is 10.4 Å². The number of hydrogen-bond acceptors (Lipinski definition) is 3. The van der Waals surface area contributed by atoms with E-state index in [1.807, 2.05) is 23.5 Å². The van der Waals surface area contributed by atoms with Crippen LogP contribution in [0.15, 0.2) is 30.3 Å². The number of fused-ring (bicyclic) bond motifs is 1. The van der Waals surface area contributed by atoms with Gasteiger partial charge in [-0.15, -0.1) is 11.3 Å². The zero-order valence-corrected chi connectivity index (χ0v) is 12.9. The molecule has 3 nitrogen and oxygen atoms in total. The average Bonchev–Trinajstić information content (AvgIpc) is 2.92. The summed E-state index contributed by atoms with van der Waals surface area (Å²) in [6, 6.07) is 9.51. The second kappa shape index (κ2) is 5.90. The van der Waals surface area contributed by atoms with Crippen molar-refractivity contribution in [3.05, 3.63) is 51.2 Å². The molecule has 1 aliphatic carbocycles. The zero-order chi connectivity index (χ0) is 14.8. The second-order valence-electron chi connectivity index (χ2n) is 5.55. The zero-order valence-electron chi connectivity index (χ0n) is 12.1. The summed E-state index contributed by atoms with van der Waals surface area (Å²) in [5.41, 5.74) is 2.80. The highest BCUT2D eigenvalue weighted by Crippen LogP contribution is 2.34. The Hall–Kier alpha value is -1.81. The summed E-state index contributed by atoms with van der Waals surface area (Å²) < 4.78 is 0. The molecule has 110 valence electrons. The van der Waals surface area contributed by atoms with Gasteiger partial charge >= 0.3 is 5.97 Å². The van der Waals surface area contributed by atoms with Crippen molar-refractivity contribution >= 4 is 23.0 Å². The average molecular weight is 301 g/mol. The first-order valence-electron chi connectivity index (χ1n) is 7.35. The number of nitrogens with one attached hydrogen (secondary N) is 1. The lowest BCUT2D eigenvalue weighted by Gasteiger charge is -2.13. The van der Waals surface area contributed by atoms with E-state index in [0.717, 1.165) is 5.69 Å². The Balaban J connectivity index is 1.72. The van der Waals surface area contributed by atoms with Crippen molar-refractivity contribution in [1.82, 2.24) is 0 Å². The van der Waals surface area contributed by atoms with E-state index < -0.39 is 5.97 Å². The number of benzene rings is 1. The Morgan fingerprint density at radius 2 is 1.95 bits per heavy atom. The van der Waals surface area contributed by atoms with Crippen molar-refractivity contribution in [2.75, 3.05) is 5.32 Å². The summed E-state index contributed by atoms with van der Waals surface area (Å²) >= 11 is 1.91. The van der Waals surface area contributed by atoms with E-state index in [1.165, 1.54) is 36.1 Å². The molecule has 0 fully saturated rings. The SMILES string of the molecule is CC(Nc1ccc(C(=O)O)cc1)c1cc2c(s1)CCCC2. The van der Waals surface area contributed by atoms with Gasteiger partial charge in [-0.2, -0.15) is 0 Å². The van der Waals surface area contributed by atoms with Crippen LogP contribution in [0.4, 0.5) is 5.69 Å². The van der Waals surface area contributed by atoms with Crippen molar-refractivity contribution in [3.8, 4) is 0 Å². The molecule has 0 radical (unpaired) electrons. The van der Waals surface area contributed by atoms with Crippen LogP contribution in [0.3, 0.4) is 0 Å². The van der Waals surface area contributed by atoms with Gasteiger partial charge in [-0.1, -0.05) is 0 Å². The molecule has 1 aliphatic rings. The highest BCUT2D eigenvalue weighted by molar-refractivity contribution is 7.12. The van der Waals surface area contributed by atoms with Gasteiger partial charge in [-0.3, -0.25) is 0 Å². The summed E-state index contributed by atoms with van der Waals surface area (Å²) in [4.78, 5) is 13.8. The molecule has 1 atom stereocenters. The minimum Gasteiger partial charge on any atom is -0.478 e. The summed E-state index contributed by atoms with van der Waals surface area (Å²) in [5, 5.41) is 12.4. The van der Waals surface area contributed by atoms with Crippen LogP contribution in [-0.4, -0.2) is 11.1 Å². The molecule has 0 saturated carbocycles. The minimum absolute atomic E-state index is 0.247. The molecule has 21 heavy (non-hydrogen) atoms. The van der Waals surface area contributed by atoms with E-state index in [2.05, 4.69) is 18.3 Å². The summed E-state index contributed by atoms with van der Waals surface area (Å²) in [6.07, 6.45) is 5.05. The fourth-order valence-corrected chi connectivity index (χ4v) is 4.02. The second-order valence-corrected chi connectivity index (χ2v) is 6.72. The highest BCUT2D eigenvalue weighted by Gasteiger charge is 2.16. The van der Waals surface area contributed by atoms with Crippen molar-refractivity contribution in [1.29, 1.82) is 0 Å². The predicted octanol–water partition coefficient (Wildman–Crippen LogP) is 4.50. The predicted molar refractivity (Wildman–Crippen MR) is 86.4 cm³/mol. The molecule has 0 amide bonds. The van der Waals surface area contributed by atoms with Crippen molar-refractivity contribution < 1.29 is 9.90 Å². The Labute approximate surface area is 128 Å². The minimum atomic E-state index is -0.888. The molecule has 4 heteroatoms. The van der Waals surface area contributed by atoms with Crippen LogP contribution < -0.4 is 5.32 Å². The van der Waals surface area contributed by atoms with Gasteiger partial charge in [-0.25, -0.2) is 4.79 Å². The van der Waals surface area contributed by atoms with E-state index in [-0.39, 0.29) is 6.04 Å². The third-order valence-electron chi connectivity index (χ3n) is 3.96. The standard InChI is InChI=1S/C17H19NO2S/c1-11(16-10-13-4-2-3-5-15(13)21-16)18-14-8-6-12(7-9-14)17(19)20/h6-11,18H,2-5H2,1H3,(H,19,20). The van der Waals surface area contributed by atoms with Crippen LogP contribution in [0.5, 0.6) is 0 Å². The number of thiophene rings is 1. The molecule has 0 spiro atoms. The van der Waals surface area contributed by atoms with Crippen LogP contribution in [0.2, 0.25) is 0 Å². The maximum Gasteiger partial charge on any atom is 0.335 e. The molecule has 2 N–H and O–H groups in total. The Kier molecular flexibility index (Phi) is 3.97. The number of rotatable bonds is 4. The van der Waals surface area contributed by atoms with E-state index in [1.54, 1.807) is 17.0 Å². The van der Waals surface area contributed by atoms with E-state index in [9.17, 15) is 4.79 Å². The monoisotopic (exact) mass is 301 g/mol. The molecule has 2 aromatic rings. The highest BCUT2D eigenvalue weighted by atomic mass is 32.1. The van der Waals surface area contributed by atoms with Gasteiger partial charge in [0, 0.05) is 15.4 Å². The number of anilines is 1. The van der Waals surface area contributed by atoms with Crippen LogP contribution in [0.1, 0.15) is 51.5 Å².